The highest BCUT2D eigenvalue weighted by molar-refractivity contribution is 7.03. The number of aliphatic hydroxyl groups is 2. The molecule has 0 aliphatic carbocycles. The Balaban J connectivity index is 2.09. The monoisotopic (exact) mass is 508 g/mol. The topological polar surface area (TPSA) is 98.6 Å². The van der Waals surface area contributed by atoms with E-state index in [1.54, 1.807) is 41.5 Å². The predicted octanol–water partition coefficient (Wildman–Crippen LogP) is 2.26. The van der Waals surface area contributed by atoms with Gasteiger partial charge in [-0.1, -0.05) is 0 Å². The van der Waals surface area contributed by atoms with Crippen LogP contribution in [0.3, 0.4) is 0 Å². The first-order valence-electron chi connectivity index (χ1n) is 11.8. The molecule has 2 aliphatic rings. The molecule has 0 aromatic heterocycles. The van der Waals surface area contributed by atoms with Gasteiger partial charge in [0.25, 0.3) is 0 Å². The van der Waals surface area contributed by atoms with Crippen molar-refractivity contribution < 1.29 is 46.7 Å². The first-order valence-corrected chi connectivity index (χ1v) is 11.8. The van der Waals surface area contributed by atoms with Gasteiger partial charge in [0.15, 0.2) is 0 Å². The Kier molecular flexibility index (Phi) is 8.61. The van der Waals surface area contributed by atoms with E-state index in [1.165, 1.54) is 7.37 Å². The summed E-state index contributed by atoms with van der Waals surface area (Å²) in [6, 6.07) is -1.31. The molecule has 0 amide bonds. The number of halogens is 3. The molecule has 0 aromatic carbocycles. The SMILES string of the molecule is CC(C)(O)C(C)(C)O[B]B1OC(C)(C)C(C)(CC2(C)OB(C(O)CNCC(F)(F)F)OC2(C)C)O1. The standard InChI is InChI=1S/C21H40B3F3NO7/c1-15(2,30)16(3,4)31-22-24-33-18(7,8)20(10,35-24)12-19(9)17(5,6)32-23(34-19)14(29)11-28-13-21(25,26)27/h14,28-30H,11-13H2,1-10H3. The third-order valence-corrected chi connectivity index (χ3v) is 7.74. The first kappa shape index (κ1) is 30.9. The van der Waals surface area contributed by atoms with Crippen molar-refractivity contribution in [3.05, 3.63) is 0 Å². The minimum atomic E-state index is -4.38. The van der Waals surface area contributed by atoms with Crippen molar-refractivity contribution in [3.63, 3.8) is 0 Å². The van der Waals surface area contributed by atoms with E-state index in [-0.39, 0.29) is 6.54 Å². The van der Waals surface area contributed by atoms with E-state index in [9.17, 15) is 23.4 Å². The fourth-order valence-electron chi connectivity index (χ4n) is 3.87. The van der Waals surface area contributed by atoms with E-state index in [1.807, 2.05) is 27.7 Å². The molecule has 0 aromatic rings. The minimum absolute atomic E-state index is 0.290. The summed E-state index contributed by atoms with van der Waals surface area (Å²) < 4.78 is 67.5. The predicted molar refractivity (Wildman–Crippen MR) is 128 cm³/mol. The lowest BCUT2D eigenvalue weighted by atomic mass is 9.55. The molecule has 2 heterocycles. The Morgan fingerprint density at radius 3 is 1.94 bits per heavy atom. The van der Waals surface area contributed by atoms with Gasteiger partial charge in [-0.3, -0.25) is 0 Å². The maximum absolute atomic E-state index is 12.4. The summed E-state index contributed by atoms with van der Waals surface area (Å²) in [5.74, 6) is 0. The van der Waals surface area contributed by atoms with Crippen LogP contribution in [0.5, 0.6) is 0 Å². The maximum atomic E-state index is 12.4. The van der Waals surface area contributed by atoms with Gasteiger partial charge in [-0.2, -0.15) is 13.2 Å². The Bertz CT molecular complexity index is 751. The molecule has 3 N–H and O–H groups in total. The lowest BCUT2D eigenvalue weighted by Crippen LogP contribution is -2.55. The largest absolute Gasteiger partial charge is 0.489 e. The summed E-state index contributed by atoms with van der Waals surface area (Å²) in [6.45, 7) is 16.3. The molecule has 0 saturated carbocycles. The molecule has 3 atom stereocenters. The molecule has 1 radical (unpaired) electrons. The smallest absolute Gasteiger partial charge is 0.435 e. The fourth-order valence-corrected chi connectivity index (χ4v) is 3.87. The molecule has 201 valence electrons. The zero-order valence-corrected chi connectivity index (χ0v) is 22.5. The molecule has 0 bridgehead atoms. The Morgan fingerprint density at radius 1 is 0.914 bits per heavy atom. The van der Waals surface area contributed by atoms with Crippen LogP contribution < -0.4 is 5.32 Å². The molecule has 2 fully saturated rings. The number of hydrogen-bond acceptors (Lipinski definition) is 8. The zero-order valence-electron chi connectivity index (χ0n) is 22.5. The number of nitrogens with one attached hydrogen (secondary N) is 1. The molecule has 2 rings (SSSR count). The van der Waals surface area contributed by atoms with Crippen LogP contribution in [0.4, 0.5) is 13.2 Å². The van der Waals surface area contributed by atoms with Gasteiger partial charge in [-0.15, -0.1) is 0 Å². The number of aliphatic hydroxyl groups excluding tert-OH is 1. The Morgan fingerprint density at radius 2 is 1.43 bits per heavy atom. The van der Waals surface area contributed by atoms with E-state index in [0.29, 0.717) is 6.42 Å². The lowest BCUT2D eigenvalue weighted by Gasteiger charge is -2.46. The van der Waals surface area contributed by atoms with Gasteiger partial charge in [0, 0.05) is 13.0 Å². The summed E-state index contributed by atoms with van der Waals surface area (Å²) >= 11 is 0. The second kappa shape index (κ2) is 9.76. The van der Waals surface area contributed by atoms with Gasteiger partial charge < -0.3 is 38.8 Å². The molecular formula is C21H40B3F3NO7. The first-order chi connectivity index (χ1) is 15.4. The van der Waals surface area contributed by atoms with Crippen LogP contribution in [-0.2, 0) is 23.3 Å². The fraction of sp³-hybridized carbons (Fsp3) is 1.00. The van der Waals surface area contributed by atoms with Crippen molar-refractivity contribution in [2.24, 2.45) is 0 Å². The van der Waals surface area contributed by atoms with Crippen LogP contribution >= 0.6 is 0 Å². The van der Waals surface area contributed by atoms with E-state index >= 15 is 0 Å². The second-order valence-corrected chi connectivity index (χ2v) is 12.0. The van der Waals surface area contributed by atoms with Crippen molar-refractivity contribution in [2.75, 3.05) is 13.1 Å². The van der Waals surface area contributed by atoms with Crippen LogP contribution in [-0.4, -0.2) is 90.6 Å². The van der Waals surface area contributed by atoms with Crippen LogP contribution in [0.25, 0.3) is 0 Å². The highest BCUT2D eigenvalue weighted by Gasteiger charge is 2.63. The maximum Gasteiger partial charge on any atom is 0.489 e. The second-order valence-electron chi connectivity index (χ2n) is 12.0. The zero-order chi connectivity index (χ0) is 27.3. The Labute approximate surface area is 208 Å². The van der Waals surface area contributed by atoms with E-state index in [0.717, 1.165) is 0 Å². The highest BCUT2D eigenvalue weighted by atomic mass is 19.4. The van der Waals surface area contributed by atoms with E-state index in [4.69, 9.17) is 23.3 Å². The van der Waals surface area contributed by atoms with Crippen LogP contribution in [0.15, 0.2) is 0 Å². The normalized spacial score (nSPS) is 30.1. The van der Waals surface area contributed by atoms with Gasteiger partial charge in [-0.05, 0) is 69.2 Å². The van der Waals surface area contributed by atoms with E-state index in [2.05, 4.69) is 5.32 Å². The lowest BCUT2D eigenvalue weighted by molar-refractivity contribution is -0.125. The number of rotatable bonds is 10. The molecule has 0 spiro atoms. The average molecular weight is 508 g/mol. The van der Waals surface area contributed by atoms with Gasteiger partial charge in [0.05, 0.1) is 40.2 Å². The Hall–Kier alpha value is -0.335. The van der Waals surface area contributed by atoms with Crippen molar-refractivity contribution in [1.29, 1.82) is 0 Å². The highest BCUT2D eigenvalue weighted by Crippen LogP contribution is 2.49. The molecular weight excluding hydrogens is 468 g/mol. The van der Waals surface area contributed by atoms with E-state index < -0.39 is 66.5 Å². The molecule has 8 nitrogen and oxygen atoms in total. The summed E-state index contributed by atoms with van der Waals surface area (Å²) in [5, 5.41) is 22.9. The quantitative estimate of drug-likeness (QED) is 0.387. The van der Waals surface area contributed by atoms with Gasteiger partial charge >= 0.3 is 27.7 Å². The third-order valence-electron chi connectivity index (χ3n) is 7.74. The van der Waals surface area contributed by atoms with Gasteiger partial charge in [-0.25, -0.2) is 0 Å². The summed E-state index contributed by atoms with van der Waals surface area (Å²) in [6.07, 6.45) is -4.09. The summed E-state index contributed by atoms with van der Waals surface area (Å²) in [5.41, 5.74) is -5.56. The van der Waals surface area contributed by atoms with Gasteiger partial charge in [0.2, 0.25) is 0 Å². The number of alkyl halides is 3. The van der Waals surface area contributed by atoms with Crippen LogP contribution in [0.2, 0.25) is 0 Å². The molecule has 2 saturated heterocycles. The van der Waals surface area contributed by atoms with Crippen molar-refractivity contribution >= 4 is 21.5 Å². The summed E-state index contributed by atoms with van der Waals surface area (Å²) in [4.78, 5) is 0. The van der Waals surface area contributed by atoms with Crippen LogP contribution in [0, 0.1) is 0 Å². The summed E-state index contributed by atoms with van der Waals surface area (Å²) in [7, 11) is -0.523. The van der Waals surface area contributed by atoms with Crippen molar-refractivity contribution in [2.45, 2.75) is 121 Å². The third kappa shape index (κ3) is 6.96. The van der Waals surface area contributed by atoms with Gasteiger partial charge in [0.1, 0.15) is 6.00 Å². The van der Waals surface area contributed by atoms with Crippen molar-refractivity contribution in [3.8, 4) is 0 Å². The molecule has 2 aliphatic heterocycles. The number of hydrogen-bond donors (Lipinski definition) is 3. The molecule has 14 heteroatoms. The molecule has 3 unspecified atom stereocenters. The van der Waals surface area contributed by atoms with Crippen molar-refractivity contribution in [1.82, 2.24) is 5.32 Å². The average Bonchev–Trinajstić information content (AvgIpc) is 2.99. The van der Waals surface area contributed by atoms with Crippen LogP contribution in [0.1, 0.15) is 75.7 Å². The molecule has 35 heavy (non-hydrogen) atoms. The minimum Gasteiger partial charge on any atom is -0.435 e.